The summed E-state index contributed by atoms with van der Waals surface area (Å²) in [4.78, 5) is 12.6. The Kier molecular flexibility index (Phi) is 7.83. The van der Waals surface area contributed by atoms with E-state index in [4.69, 9.17) is 34.8 Å². The van der Waals surface area contributed by atoms with Gasteiger partial charge >= 0.3 is 0 Å². The van der Waals surface area contributed by atoms with Crippen LogP contribution in [0.4, 0.5) is 0 Å². The number of amides is 1. The lowest BCUT2D eigenvalue weighted by molar-refractivity contribution is 0.0937. The number of carbonyl (C=O) groups is 1. The molecule has 30 heavy (non-hydrogen) atoms. The highest BCUT2D eigenvalue weighted by atomic mass is 35.5. The highest BCUT2D eigenvalue weighted by molar-refractivity contribution is 7.98. The van der Waals surface area contributed by atoms with Crippen LogP contribution in [-0.2, 0) is 12.3 Å². The van der Waals surface area contributed by atoms with Gasteiger partial charge in [-0.3, -0.25) is 4.79 Å². The maximum atomic E-state index is 12.6. The number of halogens is 3. The Labute approximate surface area is 194 Å². The first-order valence-electron chi connectivity index (χ1n) is 9.06. The van der Waals surface area contributed by atoms with Gasteiger partial charge in [-0.2, -0.15) is 0 Å². The van der Waals surface area contributed by atoms with Gasteiger partial charge in [0, 0.05) is 22.3 Å². The van der Waals surface area contributed by atoms with Gasteiger partial charge in [0.1, 0.15) is 0 Å². The zero-order chi connectivity index (χ0) is 21.7. The maximum Gasteiger partial charge on any atom is 0.253 e. The Bertz CT molecular complexity index is 1070. The molecule has 0 radical (unpaired) electrons. The summed E-state index contributed by atoms with van der Waals surface area (Å²) in [6.07, 6.45) is 1.76. The topological polar surface area (TPSA) is 59.8 Å². The Balaban J connectivity index is 1.76. The average Bonchev–Trinajstić information content (AvgIpc) is 3.10. The minimum Gasteiger partial charge on any atom is -0.342 e. The first-order chi connectivity index (χ1) is 14.4. The van der Waals surface area contributed by atoms with Crippen LogP contribution in [0.2, 0.25) is 15.1 Å². The predicted molar refractivity (Wildman–Crippen MR) is 124 cm³/mol. The van der Waals surface area contributed by atoms with Crippen LogP contribution in [0.25, 0.3) is 0 Å². The summed E-state index contributed by atoms with van der Waals surface area (Å²) in [7, 11) is 0. The van der Waals surface area contributed by atoms with Crippen molar-refractivity contribution < 1.29 is 4.79 Å². The quantitative estimate of drug-likeness (QED) is 0.307. The minimum absolute atomic E-state index is 0.275. The van der Waals surface area contributed by atoms with E-state index in [0.29, 0.717) is 43.9 Å². The van der Waals surface area contributed by atoms with E-state index in [1.54, 1.807) is 42.5 Å². The molecule has 0 aliphatic rings. The molecule has 1 heterocycles. The second-order valence-corrected chi connectivity index (χ2v) is 8.63. The summed E-state index contributed by atoms with van der Waals surface area (Å²) < 4.78 is 1.92. The lowest BCUT2D eigenvalue weighted by Crippen LogP contribution is -2.29. The van der Waals surface area contributed by atoms with Crippen molar-refractivity contribution in [1.29, 1.82) is 0 Å². The summed E-state index contributed by atoms with van der Waals surface area (Å²) in [6.45, 7) is 6.17. The number of nitrogens with zero attached hydrogens (tertiary/aromatic N) is 3. The molecule has 9 heteroatoms. The van der Waals surface area contributed by atoms with Crippen molar-refractivity contribution in [3.63, 3.8) is 0 Å². The summed E-state index contributed by atoms with van der Waals surface area (Å²) >= 11 is 19.9. The smallest absolute Gasteiger partial charge is 0.253 e. The van der Waals surface area contributed by atoms with E-state index in [0.717, 1.165) is 5.56 Å². The molecule has 2 aromatic carbocycles. The highest BCUT2D eigenvalue weighted by Gasteiger charge is 2.21. The van der Waals surface area contributed by atoms with Crippen molar-refractivity contribution in [3.8, 4) is 0 Å². The number of thioether (sulfide) groups is 1. The molecule has 0 saturated heterocycles. The Hall–Kier alpha value is -1.99. The fraction of sp³-hybridized carbons (Fsp3) is 0.190. The zero-order valence-electron chi connectivity index (χ0n) is 16.1. The third-order valence-electron chi connectivity index (χ3n) is 4.28. The number of hydrogen-bond donors (Lipinski definition) is 1. The molecule has 0 bridgehead atoms. The molecule has 0 aliphatic heterocycles. The van der Waals surface area contributed by atoms with Crippen molar-refractivity contribution in [3.05, 3.63) is 87.1 Å². The molecular weight excluding hydrogens is 463 g/mol. The fourth-order valence-electron chi connectivity index (χ4n) is 2.79. The summed E-state index contributed by atoms with van der Waals surface area (Å²) in [5.74, 6) is 0.953. The maximum absolute atomic E-state index is 12.6. The number of carbonyl (C=O) groups excluding carboxylic acids is 1. The summed E-state index contributed by atoms with van der Waals surface area (Å²) in [5, 5.41) is 13.8. The number of nitrogens with one attached hydrogen (secondary N) is 1. The van der Waals surface area contributed by atoms with Crippen LogP contribution in [0.1, 0.15) is 34.7 Å². The predicted octanol–water partition coefficient (Wildman–Crippen LogP) is 6.21. The van der Waals surface area contributed by atoms with Crippen LogP contribution in [0, 0.1) is 0 Å². The van der Waals surface area contributed by atoms with E-state index in [9.17, 15) is 4.79 Å². The standard InChI is InChI=1S/C21H19Cl3N4OS/c1-3-10-28-19(13(2)25-20(29)16-6-4-5-7-17(16)23)26-27-21(28)30-12-14-8-9-15(22)11-18(14)24/h3-9,11,13H,1,10,12H2,2H3,(H,25,29). The van der Waals surface area contributed by atoms with Crippen molar-refractivity contribution in [2.75, 3.05) is 0 Å². The van der Waals surface area contributed by atoms with E-state index < -0.39 is 0 Å². The van der Waals surface area contributed by atoms with Crippen LogP contribution in [0.5, 0.6) is 0 Å². The first-order valence-corrected chi connectivity index (χ1v) is 11.2. The molecule has 0 aliphatic carbocycles. The average molecular weight is 482 g/mol. The number of allylic oxidation sites excluding steroid dienone is 1. The lowest BCUT2D eigenvalue weighted by Gasteiger charge is -2.16. The van der Waals surface area contributed by atoms with Gasteiger partial charge in [0.2, 0.25) is 0 Å². The van der Waals surface area contributed by atoms with Crippen molar-refractivity contribution in [2.24, 2.45) is 0 Å². The van der Waals surface area contributed by atoms with E-state index in [1.165, 1.54) is 11.8 Å². The van der Waals surface area contributed by atoms with Crippen LogP contribution in [-0.4, -0.2) is 20.7 Å². The van der Waals surface area contributed by atoms with Gasteiger partial charge in [-0.15, -0.1) is 16.8 Å². The van der Waals surface area contributed by atoms with E-state index >= 15 is 0 Å². The van der Waals surface area contributed by atoms with Gasteiger partial charge in [-0.1, -0.05) is 70.8 Å². The number of rotatable bonds is 8. The SMILES string of the molecule is C=CCn1c(SCc2ccc(Cl)cc2Cl)nnc1C(C)NC(=O)c1ccccc1Cl. The lowest BCUT2D eigenvalue weighted by atomic mass is 10.2. The van der Waals surface area contributed by atoms with Gasteiger partial charge in [-0.25, -0.2) is 0 Å². The first kappa shape index (κ1) is 22.7. The van der Waals surface area contributed by atoms with Crippen LogP contribution in [0.3, 0.4) is 0 Å². The van der Waals surface area contributed by atoms with Gasteiger partial charge in [0.25, 0.3) is 5.91 Å². The zero-order valence-corrected chi connectivity index (χ0v) is 19.2. The van der Waals surface area contributed by atoms with Crippen molar-refractivity contribution in [2.45, 2.75) is 30.4 Å². The third-order valence-corrected chi connectivity index (χ3v) is 6.21. The molecule has 1 unspecified atom stereocenters. The van der Waals surface area contributed by atoms with Crippen molar-refractivity contribution in [1.82, 2.24) is 20.1 Å². The molecule has 1 atom stereocenters. The van der Waals surface area contributed by atoms with E-state index in [2.05, 4.69) is 22.1 Å². The normalized spacial score (nSPS) is 11.9. The molecule has 3 aromatic rings. The van der Waals surface area contributed by atoms with E-state index in [1.807, 2.05) is 17.6 Å². The molecule has 0 saturated carbocycles. The number of hydrogen-bond acceptors (Lipinski definition) is 4. The highest BCUT2D eigenvalue weighted by Crippen LogP contribution is 2.29. The largest absolute Gasteiger partial charge is 0.342 e. The third kappa shape index (κ3) is 5.38. The second kappa shape index (κ2) is 10.4. The Morgan fingerprint density at radius 3 is 2.67 bits per heavy atom. The molecule has 156 valence electrons. The molecule has 5 nitrogen and oxygen atoms in total. The minimum atomic E-state index is -0.380. The second-order valence-electron chi connectivity index (χ2n) is 6.44. The Morgan fingerprint density at radius 2 is 1.97 bits per heavy atom. The number of benzene rings is 2. The Morgan fingerprint density at radius 1 is 1.20 bits per heavy atom. The fourth-order valence-corrected chi connectivity index (χ4v) is 4.53. The van der Waals surface area contributed by atoms with Crippen LogP contribution < -0.4 is 5.32 Å². The molecule has 1 N–H and O–H groups in total. The molecule has 0 fully saturated rings. The molecular formula is C21H19Cl3N4OS. The molecule has 0 spiro atoms. The van der Waals surface area contributed by atoms with Gasteiger partial charge < -0.3 is 9.88 Å². The van der Waals surface area contributed by atoms with Crippen LogP contribution >= 0.6 is 46.6 Å². The van der Waals surface area contributed by atoms with Gasteiger partial charge in [0.05, 0.1) is 16.6 Å². The molecule has 3 rings (SSSR count). The number of aromatic nitrogens is 3. The molecule has 1 aromatic heterocycles. The molecule has 1 amide bonds. The summed E-state index contributed by atoms with van der Waals surface area (Å²) in [6, 6.07) is 11.9. The van der Waals surface area contributed by atoms with E-state index in [-0.39, 0.29) is 11.9 Å². The van der Waals surface area contributed by atoms with Gasteiger partial charge in [0.15, 0.2) is 11.0 Å². The van der Waals surface area contributed by atoms with Crippen molar-refractivity contribution >= 4 is 52.5 Å². The monoisotopic (exact) mass is 480 g/mol. The van der Waals surface area contributed by atoms with Crippen LogP contribution in [0.15, 0.2) is 60.3 Å². The van der Waals surface area contributed by atoms with Gasteiger partial charge in [-0.05, 0) is 36.8 Å². The summed E-state index contributed by atoms with van der Waals surface area (Å²) in [5.41, 5.74) is 1.36.